The molecule has 0 radical (unpaired) electrons. The standard InChI is InChI=1S/C15H15ClF3NO2/c16-11-5-6-13(22-9-15(17,18)19)12(8-11)20-14(21)7-10-3-1-2-4-10/h1,3,5-6,8,10H,2,4,7,9H2,(H,20,21). The summed E-state index contributed by atoms with van der Waals surface area (Å²) in [5, 5.41) is 2.87. The lowest BCUT2D eigenvalue weighted by Gasteiger charge is -2.15. The Morgan fingerprint density at radius 3 is 2.82 bits per heavy atom. The van der Waals surface area contributed by atoms with Crippen LogP contribution in [0.15, 0.2) is 30.4 Å². The van der Waals surface area contributed by atoms with Gasteiger partial charge in [0.05, 0.1) is 5.69 Å². The highest BCUT2D eigenvalue weighted by molar-refractivity contribution is 6.31. The predicted octanol–water partition coefficient (Wildman–Crippen LogP) is 4.58. The van der Waals surface area contributed by atoms with Crippen molar-refractivity contribution >= 4 is 23.2 Å². The Morgan fingerprint density at radius 1 is 1.41 bits per heavy atom. The molecule has 0 fully saturated rings. The Bertz CT molecular complexity index is 572. The third-order valence-corrected chi connectivity index (χ3v) is 3.40. The zero-order valence-corrected chi connectivity index (χ0v) is 12.4. The molecule has 1 atom stereocenters. The van der Waals surface area contributed by atoms with Crippen LogP contribution in [-0.2, 0) is 4.79 Å². The summed E-state index contributed by atoms with van der Waals surface area (Å²) in [7, 11) is 0. The minimum absolute atomic E-state index is 0.0583. The fraction of sp³-hybridized carbons (Fsp3) is 0.400. The lowest BCUT2D eigenvalue weighted by Crippen LogP contribution is -2.20. The van der Waals surface area contributed by atoms with E-state index in [0.717, 1.165) is 12.8 Å². The molecule has 1 unspecified atom stereocenters. The van der Waals surface area contributed by atoms with E-state index in [0.29, 0.717) is 5.02 Å². The number of allylic oxidation sites excluding steroid dienone is 2. The van der Waals surface area contributed by atoms with Gasteiger partial charge < -0.3 is 10.1 Å². The number of amides is 1. The lowest BCUT2D eigenvalue weighted by atomic mass is 10.1. The van der Waals surface area contributed by atoms with Gasteiger partial charge in [0.15, 0.2) is 6.61 Å². The maximum Gasteiger partial charge on any atom is 0.422 e. The SMILES string of the molecule is O=C(CC1C=CCC1)Nc1cc(Cl)ccc1OCC(F)(F)F. The van der Waals surface area contributed by atoms with Gasteiger partial charge in [-0.1, -0.05) is 23.8 Å². The summed E-state index contributed by atoms with van der Waals surface area (Å²) in [4.78, 5) is 12.0. The van der Waals surface area contributed by atoms with Crippen LogP contribution in [0.5, 0.6) is 5.75 Å². The molecule has 0 bridgehead atoms. The zero-order valence-electron chi connectivity index (χ0n) is 11.6. The number of carbonyl (C=O) groups excluding carboxylic acids is 1. The van der Waals surface area contributed by atoms with E-state index in [-0.39, 0.29) is 29.7 Å². The van der Waals surface area contributed by atoms with Gasteiger partial charge in [-0.15, -0.1) is 0 Å². The average molecular weight is 334 g/mol. The van der Waals surface area contributed by atoms with E-state index in [1.54, 1.807) is 0 Å². The molecule has 2 rings (SSSR count). The van der Waals surface area contributed by atoms with Crippen molar-refractivity contribution in [3.8, 4) is 5.75 Å². The van der Waals surface area contributed by atoms with Crippen molar-refractivity contribution in [1.82, 2.24) is 0 Å². The first kappa shape index (κ1) is 16.7. The topological polar surface area (TPSA) is 38.3 Å². The summed E-state index contributed by atoms with van der Waals surface area (Å²) in [5.74, 6) is -0.175. The highest BCUT2D eigenvalue weighted by Gasteiger charge is 2.29. The van der Waals surface area contributed by atoms with E-state index in [9.17, 15) is 18.0 Å². The third-order valence-electron chi connectivity index (χ3n) is 3.17. The smallest absolute Gasteiger partial charge is 0.422 e. The van der Waals surface area contributed by atoms with Gasteiger partial charge in [-0.3, -0.25) is 4.79 Å². The van der Waals surface area contributed by atoms with Gasteiger partial charge in [-0.2, -0.15) is 13.2 Å². The van der Waals surface area contributed by atoms with Crippen LogP contribution >= 0.6 is 11.6 Å². The van der Waals surface area contributed by atoms with Crippen molar-refractivity contribution in [2.75, 3.05) is 11.9 Å². The molecule has 120 valence electrons. The quantitative estimate of drug-likeness (QED) is 0.801. The average Bonchev–Trinajstić information content (AvgIpc) is 2.89. The molecule has 1 amide bonds. The molecule has 0 saturated carbocycles. The molecule has 0 heterocycles. The van der Waals surface area contributed by atoms with E-state index in [1.807, 2.05) is 12.2 Å². The molecule has 0 spiro atoms. The number of ether oxygens (including phenoxy) is 1. The fourth-order valence-electron chi connectivity index (χ4n) is 2.19. The molecule has 1 aliphatic rings. The van der Waals surface area contributed by atoms with Crippen LogP contribution in [0.4, 0.5) is 18.9 Å². The molecule has 1 aromatic carbocycles. The first-order valence-corrected chi connectivity index (χ1v) is 7.17. The van der Waals surface area contributed by atoms with Gasteiger partial charge in [0.1, 0.15) is 5.75 Å². The molecular formula is C15H15ClF3NO2. The van der Waals surface area contributed by atoms with Gasteiger partial charge in [0, 0.05) is 11.4 Å². The minimum atomic E-state index is -4.45. The second-order valence-electron chi connectivity index (χ2n) is 5.06. The second kappa shape index (κ2) is 7.05. The second-order valence-corrected chi connectivity index (χ2v) is 5.50. The van der Waals surface area contributed by atoms with Crippen LogP contribution in [0.2, 0.25) is 5.02 Å². The summed E-state index contributed by atoms with van der Waals surface area (Å²) < 4.78 is 41.4. The van der Waals surface area contributed by atoms with Gasteiger partial charge >= 0.3 is 6.18 Å². The Balaban J connectivity index is 2.02. The maximum absolute atomic E-state index is 12.2. The van der Waals surface area contributed by atoms with Crippen molar-refractivity contribution < 1.29 is 22.7 Å². The molecule has 0 aliphatic heterocycles. The van der Waals surface area contributed by atoms with Crippen LogP contribution in [-0.4, -0.2) is 18.7 Å². The minimum Gasteiger partial charge on any atom is -0.482 e. The predicted molar refractivity (Wildman–Crippen MR) is 78.1 cm³/mol. The number of rotatable bonds is 5. The number of alkyl halides is 3. The van der Waals surface area contributed by atoms with Gasteiger partial charge in [0.25, 0.3) is 0 Å². The Labute approximate surface area is 131 Å². The van der Waals surface area contributed by atoms with E-state index in [2.05, 4.69) is 5.32 Å². The molecule has 0 saturated heterocycles. The summed E-state index contributed by atoms with van der Waals surface area (Å²) in [5.41, 5.74) is 0.142. The summed E-state index contributed by atoms with van der Waals surface area (Å²) >= 11 is 5.82. The molecule has 7 heteroatoms. The van der Waals surface area contributed by atoms with Gasteiger partial charge in [-0.05, 0) is 37.0 Å². The number of nitrogens with one attached hydrogen (secondary N) is 1. The number of hydrogen-bond acceptors (Lipinski definition) is 2. The summed E-state index contributed by atoms with van der Waals surface area (Å²) in [6.45, 7) is -1.43. The molecule has 22 heavy (non-hydrogen) atoms. The van der Waals surface area contributed by atoms with E-state index < -0.39 is 12.8 Å². The Morgan fingerprint density at radius 2 is 2.18 bits per heavy atom. The van der Waals surface area contributed by atoms with Crippen molar-refractivity contribution in [1.29, 1.82) is 0 Å². The first-order chi connectivity index (χ1) is 10.3. The molecule has 1 aromatic rings. The van der Waals surface area contributed by atoms with Crippen LogP contribution in [0.25, 0.3) is 0 Å². The van der Waals surface area contributed by atoms with Crippen molar-refractivity contribution in [3.63, 3.8) is 0 Å². The highest BCUT2D eigenvalue weighted by Crippen LogP contribution is 2.30. The third kappa shape index (κ3) is 5.26. The lowest BCUT2D eigenvalue weighted by molar-refractivity contribution is -0.153. The molecular weight excluding hydrogens is 319 g/mol. The largest absolute Gasteiger partial charge is 0.482 e. The normalized spacial score (nSPS) is 17.5. The summed E-state index contributed by atoms with van der Waals surface area (Å²) in [6, 6.07) is 4.08. The van der Waals surface area contributed by atoms with Crippen LogP contribution < -0.4 is 10.1 Å². The van der Waals surface area contributed by atoms with Crippen LogP contribution in [0, 0.1) is 5.92 Å². The maximum atomic E-state index is 12.2. The number of carbonyl (C=O) groups is 1. The Hall–Kier alpha value is -1.69. The molecule has 0 aromatic heterocycles. The van der Waals surface area contributed by atoms with E-state index >= 15 is 0 Å². The van der Waals surface area contributed by atoms with Crippen molar-refractivity contribution in [2.24, 2.45) is 5.92 Å². The van der Waals surface area contributed by atoms with Crippen LogP contribution in [0.1, 0.15) is 19.3 Å². The van der Waals surface area contributed by atoms with Crippen molar-refractivity contribution in [2.45, 2.75) is 25.4 Å². The van der Waals surface area contributed by atoms with E-state index in [4.69, 9.17) is 16.3 Å². The molecule has 1 N–H and O–H groups in total. The molecule has 1 aliphatic carbocycles. The number of hydrogen-bond donors (Lipinski definition) is 1. The zero-order chi connectivity index (χ0) is 16.2. The monoisotopic (exact) mass is 333 g/mol. The number of halogens is 4. The summed E-state index contributed by atoms with van der Waals surface area (Å²) in [6.07, 6.45) is 1.65. The van der Waals surface area contributed by atoms with Crippen molar-refractivity contribution in [3.05, 3.63) is 35.4 Å². The van der Waals surface area contributed by atoms with Crippen LogP contribution in [0.3, 0.4) is 0 Å². The van der Waals surface area contributed by atoms with E-state index in [1.165, 1.54) is 18.2 Å². The highest BCUT2D eigenvalue weighted by atomic mass is 35.5. The Kier molecular flexibility index (Phi) is 5.34. The number of benzene rings is 1. The van der Waals surface area contributed by atoms with Gasteiger partial charge in [0.2, 0.25) is 5.91 Å². The molecule has 3 nitrogen and oxygen atoms in total. The van der Waals surface area contributed by atoms with Gasteiger partial charge in [-0.25, -0.2) is 0 Å². The first-order valence-electron chi connectivity index (χ1n) is 6.79. The number of anilines is 1. The fourth-order valence-corrected chi connectivity index (χ4v) is 2.36.